The quantitative estimate of drug-likeness (QED) is 0.0730. The van der Waals surface area contributed by atoms with Gasteiger partial charge in [0.05, 0.1) is 6.04 Å². The van der Waals surface area contributed by atoms with Crippen LogP contribution >= 0.6 is 11.8 Å². The van der Waals surface area contributed by atoms with Gasteiger partial charge in [0, 0.05) is 23.6 Å². The van der Waals surface area contributed by atoms with Gasteiger partial charge in [0.15, 0.2) is 5.96 Å². The Labute approximate surface area is 224 Å². The van der Waals surface area contributed by atoms with Crippen molar-refractivity contribution in [2.45, 2.75) is 43.8 Å². The first-order chi connectivity index (χ1) is 18.1. The highest BCUT2D eigenvalue weighted by atomic mass is 32.2. The monoisotopic (exact) mass is 548 g/mol. The van der Waals surface area contributed by atoms with Gasteiger partial charge in [0.25, 0.3) is 0 Å². The van der Waals surface area contributed by atoms with Crippen molar-refractivity contribution >= 4 is 52.3 Å². The number of nitrogens with two attached hydrogens (primary N) is 3. The van der Waals surface area contributed by atoms with E-state index < -0.39 is 48.4 Å². The van der Waals surface area contributed by atoms with Crippen LogP contribution in [0.1, 0.15) is 24.8 Å². The Bertz CT molecular complexity index is 1130. The fraction of sp³-hybridized carbons (Fsp3) is 0.458. The second-order valence-corrected chi connectivity index (χ2v) is 9.62. The highest BCUT2D eigenvalue weighted by molar-refractivity contribution is 7.98. The van der Waals surface area contributed by atoms with Crippen molar-refractivity contribution in [2.75, 3.05) is 25.1 Å². The third-order valence-corrected chi connectivity index (χ3v) is 6.33. The Hall–Kier alpha value is -3.78. The van der Waals surface area contributed by atoms with Crippen molar-refractivity contribution in [1.29, 1.82) is 0 Å². The van der Waals surface area contributed by atoms with E-state index in [4.69, 9.17) is 22.3 Å². The number of nitrogens with one attached hydrogen (secondary N) is 4. The lowest BCUT2D eigenvalue weighted by atomic mass is 10.0. The first kappa shape index (κ1) is 30.4. The molecular weight excluding hydrogens is 512 g/mol. The Morgan fingerprint density at radius 2 is 1.74 bits per heavy atom. The number of carbonyl (C=O) groups excluding carboxylic acids is 3. The number of thioether (sulfide) groups is 1. The minimum absolute atomic E-state index is 0.107. The number of rotatable bonds is 16. The van der Waals surface area contributed by atoms with E-state index in [9.17, 15) is 19.2 Å². The predicted octanol–water partition coefficient (Wildman–Crippen LogP) is -0.985. The van der Waals surface area contributed by atoms with Gasteiger partial charge in [-0.25, -0.2) is 0 Å². The standard InChI is InChI=1S/C24H36N8O5S/c1-38-10-8-19(31-21(35)16(25)11-14-12-29-17-6-3-2-5-15(14)17)23(37)32-18(7-4-9-28-24(26)27)22(36)30-13-20(33)34/h2-3,5-6,12,16,18-19,29H,4,7-11,13,25H2,1H3,(H,30,36)(H,31,35)(H,32,37)(H,33,34)(H4,26,27,28). The number of guanidine groups is 1. The van der Waals surface area contributed by atoms with Crippen LogP contribution in [0, 0.1) is 0 Å². The lowest BCUT2D eigenvalue weighted by Gasteiger charge is -2.24. The van der Waals surface area contributed by atoms with Crippen LogP contribution < -0.4 is 33.2 Å². The number of hydrogen-bond acceptors (Lipinski definition) is 7. The molecule has 14 heteroatoms. The smallest absolute Gasteiger partial charge is 0.322 e. The number of carboxylic acids is 1. The van der Waals surface area contributed by atoms with Gasteiger partial charge in [-0.15, -0.1) is 0 Å². The van der Waals surface area contributed by atoms with E-state index in [1.165, 1.54) is 11.8 Å². The molecule has 3 unspecified atom stereocenters. The molecule has 0 aliphatic rings. The largest absolute Gasteiger partial charge is 0.480 e. The van der Waals surface area contributed by atoms with Crippen molar-refractivity contribution in [3.8, 4) is 0 Å². The fourth-order valence-corrected chi connectivity index (χ4v) is 4.22. The summed E-state index contributed by atoms with van der Waals surface area (Å²) in [5.74, 6) is -2.52. The van der Waals surface area contributed by atoms with E-state index in [0.29, 0.717) is 18.6 Å². The van der Waals surface area contributed by atoms with Crippen LogP contribution in [-0.2, 0) is 25.6 Å². The minimum atomic E-state index is -1.22. The van der Waals surface area contributed by atoms with Gasteiger partial charge in [-0.2, -0.15) is 11.8 Å². The molecule has 2 rings (SSSR count). The summed E-state index contributed by atoms with van der Waals surface area (Å²) >= 11 is 1.49. The zero-order valence-corrected chi connectivity index (χ0v) is 22.1. The van der Waals surface area contributed by atoms with Gasteiger partial charge in [-0.1, -0.05) is 18.2 Å². The molecular formula is C24H36N8O5S. The van der Waals surface area contributed by atoms with Crippen LogP contribution in [0.25, 0.3) is 10.9 Å². The first-order valence-electron chi connectivity index (χ1n) is 12.1. The number of hydrogen-bond donors (Lipinski definition) is 8. The van der Waals surface area contributed by atoms with Gasteiger partial charge in [0.1, 0.15) is 18.6 Å². The van der Waals surface area contributed by atoms with Crippen LogP contribution in [0.5, 0.6) is 0 Å². The molecule has 0 bridgehead atoms. The molecule has 38 heavy (non-hydrogen) atoms. The predicted molar refractivity (Wildman–Crippen MR) is 147 cm³/mol. The fourth-order valence-electron chi connectivity index (χ4n) is 3.74. The molecule has 1 aromatic heterocycles. The third kappa shape index (κ3) is 9.94. The summed E-state index contributed by atoms with van der Waals surface area (Å²) in [4.78, 5) is 56.5. The number of benzene rings is 1. The number of H-pyrrole nitrogens is 1. The molecule has 2 aromatic rings. The topological polar surface area (TPSA) is 231 Å². The summed E-state index contributed by atoms with van der Waals surface area (Å²) in [5.41, 5.74) is 18.6. The van der Waals surface area contributed by atoms with Crippen LogP contribution in [0.2, 0.25) is 0 Å². The molecule has 0 fully saturated rings. The number of carboxylic acid groups (broad SMARTS) is 1. The summed E-state index contributed by atoms with van der Waals surface area (Å²) in [7, 11) is 0. The highest BCUT2D eigenvalue weighted by Gasteiger charge is 2.28. The molecule has 13 nitrogen and oxygen atoms in total. The molecule has 0 aliphatic carbocycles. The maximum absolute atomic E-state index is 13.1. The number of nitrogens with zero attached hydrogens (tertiary/aromatic N) is 1. The summed E-state index contributed by atoms with van der Waals surface area (Å²) in [5, 5.41) is 17.4. The van der Waals surface area contributed by atoms with Crippen LogP contribution in [-0.4, -0.2) is 83.0 Å². The van der Waals surface area contributed by atoms with E-state index in [-0.39, 0.29) is 25.3 Å². The molecule has 208 valence electrons. The summed E-state index contributed by atoms with van der Waals surface area (Å²) in [6.45, 7) is -0.384. The second kappa shape index (κ2) is 15.5. The molecule has 0 saturated heterocycles. The number of aromatic nitrogens is 1. The van der Waals surface area contributed by atoms with E-state index in [1.807, 2.05) is 30.5 Å². The van der Waals surface area contributed by atoms with Gasteiger partial charge in [0.2, 0.25) is 17.7 Å². The molecule has 0 spiro atoms. The molecule has 3 atom stereocenters. The van der Waals surface area contributed by atoms with E-state index in [1.54, 1.807) is 6.20 Å². The maximum atomic E-state index is 13.1. The number of fused-ring (bicyclic) bond motifs is 1. The number of carbonyl (C=O) groups is 4. The van der Waals surface area contributed by atoms with Crippen molar-refractivity contribution in [1.82, 2.24) is 20.9 Å². The summed E-state index contributed by atoms with van der Waals surface area (Å²) < 4.78 is 0. The molecule has 3 amide bonds. The lowest BCUT2D eigenvalue weighted by Crippen LogP contribution is -2.56. The molecule has 1 aromatic carbocycles. The van der Waals surface area contributed by atoms with Crippen molar-refractivity contribution in [3.63, 3.8) is 0 Å². The third-order valence-electron chi connectivity index (χ3n) is 5.69. The van der Waals surface area contributed by atoms with Gasteiger partial charge in [-0.3, -0.25) is 24.2 Å². The van der Waals surface area contributed by atoms with Crippen LogP contribution in [0.15, 0.2) is 35.5 Å². The SMILES string of the molecule is CSCCC(NC(=O)C(N)Cc1c[nH]c2ccccc12)C(=O)NC(CCCN=C(N)N)C(=O)NCC(=O)O. The molecule has 0 aliphatic heterocycles. The Balaban J connectivity index is 2.07. The van der Waals surface area contributed by atoms with Gasteiger partial charge in [-0.05, 0) is 49.3 Å². The summed E-state index contributed by atoms with van der Waals surface area (Å²) in [6, 6.07) is 4.75. The zero-order chi connectivity index (χ0) is 28.1. The maximum Gasteiger partial charge on any atom is 0.322 e. The minimum Gasteiger partial charge on any atom is -0.480 e. The van der Waals surface area contributed by atoms with Crippen LogP contribution in [0.3, 0.4) is 0 Å². The lowest BCUT2D eigenvalue weighted by molar-refractivity contribution is -0.138. The normalized spacial score (nSPS) is 13.2. The first-order valence-corrected chi connectivity index (χ1v) is 13.5. The number of para-hydroxylation sites is 1. The zero-order valence-electron chi connectivity index (χ0n) is 21.2. The van der Waals surface area contributed by atoms with Crippen molar-refractivity contribution in [3.05, 3.63) is 36.0 Å². The highest BCUT2D eigenvalue weighted by Crippen LogP contribution is 2.19. The van der Waals surface area contributed by atoms with Gasteiger partial charge >= 0.3 is 5.97 Å². The van der Waals surface area contributed by atoms with Crippen molar-refractivity contribution < 1.29 is 24.3 Å². The van der Waals surface area contributed by atoms with E-state index in [2.05, 4.69) is 25.9 Å². The number of aliphatic carboxylic acids is 1. The molecule has 11 N–H and O–H groups in total. The average Bonchev–Trinajstić information content (AvgIpc) is 3.28. The molecule has 0 saturated carbocycles. The second-order valence-electron chi connectivity index (χ2n) is 8.63. The van der Waals surface area contributed by atoms with Crippen LogP contribution in [0.4, 0.5) is 0 Å². The number of aliphatic imine (C=N–C) groups is 1. The van der Waals surface area contributed by atoms with E-state index >= 15 is 0 Å². The number of amides is 3. The Morgan fingerprint density at radius 3 is 2.42 bits per heavy atom. The Kier molecular flexibility index (Phi) is 12.4. The Morgan fingerprint density at radius 1 is 1.05 bits per heavy atom. The summed E-state index contributed by atoms with van der Waals surface area (Å²) in [6.07, 6.45) is 4.73. The average molecular weight is 549 g/mol. The molecule has 0 radical (unpaired) electrons. The van der Waals surface area contributed by atoms with Crippen molar-refractivity contribution in [2.24, 2.45) is 22.2 Å². The van der Waals surface area contributed by atoms with Gasteiger partial charge < -0.3 is 43.2 Å². The molecule has 1 heterocycles. The number of aromatic amines is 1. The van der Waals surface area contributed by atoms with E-state index in [0.717, 1.165) is 16.5 Å².